The van der Waals surface area contributed by atoms with Crippen molar-refractivity contribution in [3.63, 3.8) is 0 Å². The molecule has 11 atom stereocenters. The fourth-order valence-corrected chi connectivity index (χ4v) is 11.1. The number of aliphatic hydroxyl groups excluding tert-OH is 2. The lowest BCUT2D eigenvalue weighted by atomic mass is 9.39. The topological polar surface area (TPSA) is 212 Å². The molecule has 0 saturated heterocycles. The molecule has 0 heterocycles. The van der Waals surface area contributed by atoms with Crippen LogP contribution in [0.15, 0.2) is 71.8 Å². The summed E-state index contributed by atoms with van der Waals surface area (Å²) in [5.41, 5.74) is -6.77. The second kappa shape index (κ2) is 16.5. The highest BCUT2D eigenvalue weighted by atomic mass is 16.6. The van der Waals surface area contributed by atoms with Crippen molar-refractivity contribution in [3.8, 4) is 0 Å². The van der Waals surface area contributed by atoms with Crippen molar-refractivity contribution in [2.45, 2.75) is 135 Å². The Morgan fingerprint density at radius 1 is 0.934 bits per heavy atom. The summed E-state index contributed by atoms with van der Waals surface area (Å²) in [6.07, 6.45) is -5.09. The highest BCUT2D eigenvalue weighted by Crippen LogP contribution is 2.68. The van der Waals surface area contributed by atoms with Crippen LogP contribution < -0.4 is 5.32 Å². The molecule has 330 valence electrons. The molecule has 14 nitrogen and oxygen atoms in total. The Labute approximate surface area is 356 Å². The monoisotopic (exact) mass is 845 g/mol. The molecular weight excluding hydrogens is 787 g/mol. The first-order chi connectivity index (χ1) is 28.5. The maximum atomic E-state index is 15.3. The molecule has 2 aromatic carbocycles. The summed E-state index contributed by atoms with van der Waals surface area (Å²) in [4.78, 5) is 83.0. The first kappa shape index (κ1) is 45.8. The number of hydrogen-bond acceptors (Lipinski definition) is 13. The number of hydrogen-bond donors (Lipinski definition) is 4. The van der Waals surface area contributed by atoms with E-state index in [-0.39, 0.29) is 29.9 Å². The quantitative estimate of drug-likeness (QED) is 0.132. The summed E-state index contributed by atoms with van der Waals surface area (Å²) in [5.74, 6) is -6.62. The Kier molecular flexibility index (Phi) is 12.4. The second-order valence-corrected chi connectivity index (χ2v) is 18.6. The molecule has 0 aliphatic heterocycles. The first-order valence-electron chi connectivity index (χ1n) is 20.9. The summed E-state index contributed by atoms with van der Waals surface area (Å²) in [6.45, 7) is 12.7. The van der Waals surface area contributed by atoms with Crippen LogP contribution in [0.5, 0.6) is 0 Å². The van der Waals surface area contributed by atoms with E-state index in [0.717, 1.165) is 6.92 Å². The molecule has 11 unspecified atom stereocenters. The molecule has 4 aliphatic rings. The Morgan fingerprint density at radius 2 is 1.54 bits per heavy atom. The minimum absolute atomic E-state index is 0.144. The normalized spacial score (nSPS) is 32.6. The largest absolute Gasteiger partial charge is 0.459 e. The van der Waals surface area contributed by atoms with E-state index in [0.29, 0.717) is 24.0 Å². The van der Waals surface area contributed by atoms with Crippen LogP contribution in [0.4, 0.5) is 0 Å². The van der Waals surface area contributed by atoms with E-state index in [2.05, 4.69) is 5.32 Å². The van der Waals surface area contributed by atoms with Crippen LogP contribution in [-0.2, 0) is 42.9 Å². The molecule has 0 radical (unpaired) electrons. The standard InChI is InChI=1S/C47H59NO13/c1-25-32(59-42(56)38(61-44(7,8)34(53)24-49)36(29-16-12-10-13-17-29)48-41(55)30-18-14-11-15-19-30)23-47(57)26(2)39-45(9,33(52)22-31-20-21-46(31,39)60-28(4)51)40(54)37(58-27(3)50)35(25)43(47,5)6/h10-19,26,31-33,36-39,49,52,57H,20-24H2,1-9H3,(H,48,55). The van der Waals surface area contributed by atoms with Gasteiger partial charge in [-0.15, -0.1) is 0 Å². The van der Waals surface area contributed by atoms with E-state index in [9.17, 15) is 34.5 Å². The zero-order valence-corrected chi connectivity index (χ0v) is 36.4. The molecule has 3 fully saturated rings. The van der Waals surface area contributed by atoms with Crippen LogP contribution in [0.25, 0.3) is 0 Å². The van der Waals surface area contributed by atoms with Gasteiger partial charge in [-0.1, -0.05) is 69.3 Å². The number of esters is 3. The lowest BCUT2D eigenvalue weighted by Gasteiger charge is -2.68. The summed E-state index contributed by atoms with van der Waals surface area (Å²) in [7, 11) is 0. The van der Waals surface area contributed by atoms with E-state index in [1.54, 1.807) is 95.3 Å². The minimum atomic E-state index is -1.88. The Hall–Kier alpha value is -4.76. The van der Waals surface area contributed by atoms with E-state index in [1.807, 2.05) is 0 Å². The van der Waals surface area contributed by atoms with E-state index >= 15 is 9.59 Å². The van der Waals surface area contributed by atoms with E-state index in [1.165, 1.54) is 20.8 Å². The molecule has 61 heavy (non-hydrogen) atoms. The molecule has 14 heteroatoms. The van der Waals surface area contributed by atoms with Gasteiger partial charge in [-0.05, 0) is 81.7 Å². The lowest BCUT2D eigenvalue weighted by Crippen LogP contribution is -2.76. The predicted octanol–water partition coefficient (Wildman–Crippen LogP) is 4.52. The number of nitrogens with one attached hydrogen (secondary N) is 1. The smallest absolute Gasteiger partial charge is 0.338 e. The number of rotatable bonds is 12. The Balaban J connectivity index is 1.51. The molecule has 6 rings (SSSR count). The molecule has 4 N–H and O–H groups in total. The number of benzene rings is 2. The van der Waals surface area contributed by atoms with Crippen LogP contribution in [0.3, 0.4) is 0 Å². The number of aliphatic hydroxyl groups is 3. The van der Waals surface area contributed by atoms with Crippen LogP contribution in [-0.4, -0.2) is 98.5 Å². The first-order valence-corrected chi connectivity index (χ1v) is 20.9. The SMILES string of the molecule is CC(=O)OC1C(=O)C2(C)C(O)CC3CCC3(OC(C)=O)C2C(C)C2(O)CC(OC(=O)C(OC(C)(C)C(=O)CO)C(NC(=O)c3ccccc3)c3ccccc3)C(C)=C1C2(C)C. The van der Waals surface area contributed by atoms with Gasteiger partial charge < -0.3 is 39.6 Å². The van der Waals surface area contributed by atoms with E-state index < -0.39 is 112 Å². The highest BCUT2D eigenvalue weighted by Gasteiger charge is 2.75. The summed E-state index contributed by atoms with van der Waals surface area (Å²) in [5, 5.41) is 38.2. The zero-order chi connectivity index (χ0) is 45.0. The number of carbonyl (C=O) groups is 6. The van der Waals surface area contributed by atoms with Gasteiger partial charge in [0.2, 0.25) is 0 Å². The van der Waals surface area contributed by atoms with Crippen molar-refractivity contribution in [1.82, 2.24) is 5.32 Å². The predicted molar refractivity (Wildman–Crippen MR) is 219 cm³/mol. The number of Topliss-reactive ketones (excluding diaryl/α,β-unsaturated/α-hetero) is 2. The number of ketones is 2. The molecular formula is C47H59NO13. The molecule has 1 amide bonds. The molecule has 4 aliphatic carbocycles. The van der Waals surface area contributed by atoms with Gasteiger partial charge in [0.05, 0.1) is 23.2 Å². The Morgan fingerprint density at radius 3 is 2.08 bits per heavy atom. The third-order valence-corrected chi connectivity index (χ3v) is 14.5. The van der Waals surface area contributed by atoms with Crippen LogP contribution in [0, 0.1) is 28.6 Å². The molecule has 0 aromatic heterocycles. The van der Waals surface area contributed by atoms with Crippen LogP contribution in [0.1, 0.15) is 110 Å². The summed E-state index contributed by atoms with van der Waals surface area (Å²) < 4.78 is 24.8. The van der Waals surface area contributed by atoms with Gasteiger partial charge in [0.1, 0.15) is 23.9 Å². The van der Waals surface area contributed by atoms with Gasteiger partial charge in [0.15, 0.2) is 23.8 Å². The Bertz CT molecular complexity index is 2100. The molecule has 0 spiro atoms. The number of carbonyl (C=O) groups excluding carboxylic acids is 6. The number of fused-ring (bicyclic) bond motifs is 5. The maximum Gasteiger partial charge on any atom is 0.338 e. The van der Waals surface area contributed by atoms with Crippen molar-refractivity contribution < 1.29 is 63.0 Å². The average Bonchev–Trinajstić information content (AvgIpc) is 3.20. The van der Waals surface area contributed by atoms with Gasteiger partial charge in [0, 0.05) is 43.1 Å². The summed E-state index contributed by atoms with van der Waals surface area (Å²) >= 11 is 0. The maximum absolute atomic E-state index is 15.3. The van der Waals surface area contributed by atoms with Gasteiger partial charge in [-0.2, -0.15) is 0 Å². The molecule has 2 bridgehead atoms. The summed E-state index contributed by atoms with van der Waals surface area (Å²) in [6, 6.07) is 15.5. The van der Waals surface area contributed by atoms with Crippen molar-refractivity contribution in [3.05, 3.63) is 82.9 Å². The van der Waals surface area contributed by atoms with Gasteiger partial charge >= 0.3 is 17.9 Å². The molecule has 2 aromatic rings. The lowest BCUT2D eigenvalue weighted by molar-refractivity contribution is -0.283. The van der Waals surface area contributed by atoms with Crippen LogP contribution in [0.2, 0.25) is 0 Å². The second-order valence-electron chi connectivity index (χ2n) is 18.6. The average molecular weight is 846 g/mol. The van der Waals surface area contributed by atoms with Gasteiger partial charge in [0.25, 0.3) is 5.91 Å². The van der Waals surface area contributed by atoms with Crippen molar-refractivity contribution in [2.75, 3.05) is 6.61 Å². The number of ether oxygens (including phenoxy) is 4. The zero-order valence-electron chi connectivity index (χ0n) is 36.4. The van der Waals surface area contributed by atoms with Crippen molar-refractivity contribution in [1.29, 1.82) is 0 Å². The van der Waals surface area contributed by atoms with Crippen molar-refractivity contribution >= 4 is 35.4 Å². The van der Waals surface area contributed by atoms with Gasteiger partial charge in [-0.25, -0.2) is 4.79 Å². The minimum Gasteiger partial charge on any atom is -0.459 e. The van der Waals surface area contributed by atoms with E-state index in [4.69, 9.17) is 18.9 Å². The fraction of sp³-hybridized carbons (Fsp3) is 0.574. The van der Waals surface area contributed by atoms with Crippen LogP contribution >= 0.6 is 0 Å². The highest BCUT2D eigenvalue weighted by molar-refractivity contribution is 5.96. The number of amides is 1. The van der Waals surface area contributed by atoms with Crippen molar-refractivity contribution in [2.24, 2.45) is 28.6 Å². The third kappa shape index (κ3) is 7.63. The fourth-order valence-electron chi connectivity index (χ4n) is 11.1. The third-order valence-electron chi connectivity index (χ3n) is 14.5. The molecule has 3 saturated carbocycles. The van der Waals surface area contributed by atoms with Gasteiger partial charge in [-0.3, -0.25) is 24.0 Å².